The van der Waals surface area contributed by atoms with E-state index in [1.54, 1.807) is 0 Å². The molecule has 0 spiro atoms. The van der Waals surface area contributed by atoms with Crippen molar-refractivity contribution in [3.63, 3.8) is 0 Å². The van der Waals surface area contributed by atoms with Gasteiger partial charge in [0.2, 0.25) is 0 Å². The number of carbonyl (C=O) groups is 1. The molecule has 2 rings (SSSR count). The Labute approximate surface area is 99.3 Å². The summed E-state index contributed by atoms with van der Waals surface area (Å²) in [6, 6.07) is 3.97. The number of aromatic hydroxyl groups is 2. The lowest BCUT2D eigenvalue weighted by molar-refractivity contribution is 0.0950. The number of amides is 1. The molecule has 1 atom stereocenters. The van der Waals surface area contributed by atoms with Gasteiger partial charge in [-0.3, -0.25) is 4.79 Å². The Kier molecular flexibility index (Phi) is 3.19. The first-order valence-electron chi connectivity index (χ1n) is 5.63. The van der Waals surface area contributed by atoms with E-state index in [0.717, 1.165) is 12.8 Å². The lowest BCUT2D eigenvalue weighted by Crippen LogP contribution is -2.38. The lowest BCUT2D eigenvalue weighted by atomic mass is 10.1. The van der Waals surface area contributed by atoms with Gasteiger partial charge in [0.05, 0.1) is 0 Å². The van der Waals surface area contributed by atoms with Crippen molar-refractivity contribution in [1.29, 1.82) is 0 Å². The molecule has 0 saturated heterocycles. The zero-order chi connectivity index (χ0) is 12.4. The maximum Gasteiger partial charge on any atom is 0.251 e. The van der Waals surface area contributed by atoms with Crippen LogP contribution >= 0.6 is 0 Å². The third kappa shape index (κ3) is 2.88. The van der Waals surface area contributed by atoms with Crippen LogP contribution in [0.25, 0.3) is 0 Å². The normalized spacial score (nSPS) is 16.5. The molecule has 1 saturated carbocycles. The second kappa shape index (κ2) is 4.63. The molecule has 0 heterocycles. The molecule has 1 aliphatic rings. The molecule has 1 unspecified atom stereocenters. The van der Waals surface area contributed by atoms with Crippen LogP contribution in [-0.4, -0.2) is 28.7 Å². The topological polar surface area (TPSA) is 95.6 Å². The summed E-state index contributed by atoms with van der Waals surface area (Å²) in [5, 5.41) is 21.1. The second-order valence-electron chi connectivity index (χ2n) is 4.41. The summed E-state index contributed by atoms with van der Waals surface area (Å²) in [4.78, 5) is 11.7. The van der Waals surface area contributed by atoms with Gasteiger partial charge in [-0.15, -0.1) is 0 Å². The standard InChI is InChI=1S/C12H16N2O3/c13-9(7-1-2-7)6-14-12(17)8-3-4-10(15)11(16)5-8/h3-5,7,9,15-16H,1-2,6,13H2,(H,14,17). The van der Waals surface area contributed by atoms with Gasteiger partial charge in [0.15, 0.2) is 11.5 Å². The second-order valence-corrected chi connectivity index (χ2v) is 4.41. The quantitative estimate of drug-likeness (QED) is 0.574. The van der Waals surface area contributed by atoms with Crippen molar-refractivity contribution in [2.45, 2.75) is 18.9 Å². The Morgan fingerprint density at radius 1 is 1.41 bits per heavy atom. The van der Waals surface area contributed by atoms with Gasteiger partial charge in [-0.05, 0) is 37.0 Å². The summed E-state index contributed by atoms with van der Waals surface area (Å²) in [7, 11) is 0. The highest BCUT2D eigenvalue weighted by Gasteiger charge is 2.28. The molecule has 1 aromatic rings. The lowest BCUT2D eigenvalue weighted by Gasteiger charge is -2.11. The van der Waals surface area contributed by atoms with E-state index in [4.69, 9.17) is 10.8 Å². The van der Waals surface area contributed by atoms with E-state index in [0.29, 0.717) is 18.0 Å². The van der Waals surface area contributed by atoms with Crippen LogP contribution in [0.3, 0.4) is 0 Å². The summed E-state index contributed by atoms with van der Waals surface area (Å²) in [5.41, 5.74) is 6.16. The fourth-order valence-electron chi connectivity index (χ4n) is 1.67. The number of hydrogen-bond donors (Lipinski definition) is 4. The van der Waals surface area contributed by atoms with E-state index < -0.39 is 0 Å². The average molecular weight is 236 g/mol. The van der Waals surface area contributed by atoms with Crippen LogP contribution in [0.15, 0.2) is 18.2 Å². The fraction of sp³-hybridized carbons (Fsp3) is 0.417. The molecular weight excluding hydrogens is 220 g/mol. The first-order valence-corrected chi connectivity index (χ1v) is 5.63. The Balaban J connectivity index is 1.92. The predicted molar refractivity (Wildman–Crippen MR) is 62.8 cm³/mol. The van der Waals surface area contributed by atoms with Crippen LogP contribution in [0.2, 0.25) is 0 Å². The van der Waals surface area contributed by atoms with Gasteiger partial charge in [0.1, 0.15) is 0 Å². The van der Waals surface area contributed by atoms with Crippen LogP contribution in [0.5, 0.6) is 11.5 Å². The average Bonchev–Trinajstić information content (AvgIpc) is 3.13. The number of hydrogen-bond acceptors (Lipinski definition) is 4. The molecular formula is C12H16N2O3. The van der Waals surface area contributed by atoms with Crippen LogP contribution in [0.1, 0.15) is 23.2 Å². The third-order valence-electron chi connectivity index (χ3n) is 2.96. The maximum atomic E-state index is 11.7. The van der Waals surface area contributed by atoms with Crippen LogP contribution in [0, 0.1) is 5.92 Å². The van der Waals surface area contributed by atoms with Gasteiger partial charge in [-0.2, -0.15) is 0 Å². The number of rotatable bonds is 4. The maximum absolute atomic E-state index is 11.7. The Morgan fingerprint density at radius 2 is 2.12 bits per heavy atom. The van der Waals surface area contributed by atoms with Crippen molar-refractivity contribution in [1.82, 2.24) is 5.32 Å². The van der Waals surface area contributed by atoms with Gasteiger partial charge in [-0.1, -0.05) is 0 Å². The molecule has 1 aliphatic carbocycles. The fourth-order valence-corrected chi connectivity index (χ4v) is 1.67. The van der Waals surface area contributed by atoms with Crippen LogP contribution in [-0.2, 0) is 0 Å². The van der Waals surface area contributed by atoms with Gasteiger partial charge < -0.3 is 21.3 Å². The van der Waals surface area contributed by atoms with Crippen LogP contribution < -0.4 is 11.1 Å². The predicted octanol–water partition coefficient (Wildman–Crippen LogP) is 0.565. The van der Waals surface area contributed by atoms with Gasteiger partial charge >= 0.3 is 0 Å². The minimum absolute atomic E-state index is 0.00432. The first kappa shape index (κ1) is 11.7. The van der Waals surface area contributed by atoms with E-state index >= 15 is 0 Å². The SMILES string of the molecule is NC(CNC(=O)c1ccc(O)c(O)c1)C1CC1. The number of nitrogens with one attached hydrogen (secondary N) is 1. The molecule has 1 fully saturated rings. The van der Waals surface area contributed by atoms with E-state index in [1.807, 2.05) is 0 Å². The highest BCUT2D eigenvalue weighted by Crippen LogP contribution is 2.31. The van der Waals surface area contributed by atoms with E-state index in [9.17, 15) is 9.90 Å². The monoisotopic (exact) mass is 236 g/mol. The van der Waals surface area contributed by atoms with Crippen molar-refractivity contribution in [2.75, 3.05) is 6.54 Å². The molecule has 0 aromatic heterocycles. The first-order chi connectivity index (χ1) is 8.08. The summed E-state index contributed by atoms with van der Waals surface area (Å²) in [5.74, 6) is -0.305. The smallest absolute Gasteiger partial charge is 0.251 e. The molecule has 5 heteroatoms. The summed E-state index contributed by atoms with van der Waals surface area (Å²) in [6.45, 7) is 0.436. The summed E-state index contributed by atoms with van der Waals surface area (Å²) < 4.78 is 0. The van der Waals surface area contributed by atoms with Gasteiger partial charge in [0.25, 0.3) is 5.91 Å². The van der Waals surface area contributed by atoms with Crippen LogP contribution in [0.4, 0.5) is 0 Å². The highest BCUT2D eigenvalue weighted by atomic mass is 16.3. The molecule has 92 valence electrons. The molecule has 0 bridgehead atoms. The van der Waals surface area contributed by atoms with Crippen molar-refractivity contribution < 1.29 is 15.0 Å². The number of phenols is 2. The molecule has 1 amide bonds. The number of phenolic OH excluding ortho intramolecular Hbond substituents is 2. The summed E-state index contributed by atoms with van der Waals surface area (Å²) >= 11 is 0. The van der Waals surface area contributed by atoms with Gasteiger partial charge in [0, 0.05) is 18.2 Å². The zero-order valence-electron chi connectivity index (χ0n) is 9.39. The third-order valence-corrected chi connectivity index (χ3v) is 2.96. The molecule has 0 radical (unpaired) electrons. The number of nitrogens with two attached hydrogens (primary N) is 1. The minimum Gasteiger partial charge on any atom is -0.504 e. The van der Waals surface area contributed by atoms with E-state index in [-0.39, 0.29) is 23.4 Å². The zero-order valence-corrected chi connectivity index (χ0v) is 9.39. The molecule has 5 nitrogen and oxygen atoms in total. The largest absolute Gasteiger partial charge is 0.504 e. The van der Waals surface area contributed by atoms with E-state index in [2.05, 4.69) is 5.32 Å². The Bertz CT molecular complexity index is 430. The number of benzene rings is 1. The Morgan fingerprint density at radius 3 is 2.71 bits per heavy atom. The van der Waals surface area contributed by atoms with Crippen molar-refractivity contribution >= 4 is 5.91 Å². The molecule has 17 heavy (non-hydrogen) atoms. The Hall–Kier alpha value is -1.75. The number of carbonyl (C=O) groups excluding carboxylic acids is 1. The molecule has 0 aliphatic heterocycles. The van der Waals surface area contributed by atoms with Crippen molar-refractivity contribution in [3.8, 4) is 11.5 Å². The summed E-state index contributed by atoms with van der Waals surface area (Å²) in [6.07, 6.45) is 2.27. The van der Waals surface area contributed by atoms with Crippen molar-refractivity contribution in [2.24, 2.45) is 11.7 Å². The highest BCUT2D eigenvalue weighted by molar-refractivity contribution is 5.94. The van der Waals surface area contributed by atoms with Crippen molar-refractivity contribution in [3.05, 3.63) is 23.8 Å². The molecule has 5 N–H and O–H groups in total. The molecule has 1 aromatic carbocycles. The van der Waals surface area contributed by atoms with Gasteiger partial charge in [-0.25, -0.2) is 0 Å². The van der Waals surface area contributed by atoms with E-state index in [1.165, 1.54) is 18.2 Å². The minimum atomic E-state index is -0.302.